The minimum Gasteiger partial charge on any atom is -0.255 e. The van der Waals surface area contributed by atoms with Crippen LogP contribution in [0.2, 0.25) is 0 Å². The van der Waals surface area contributed by atoms with Gasteiger partial charge in [-0.3, -0.25) is 9.98 Å². The van der Waals surface area contributed by atoms with Gasteiger partial charge in [0.15, 0.2) is 0 Å². The molecule has 0 radical (unpaired) electrons. The maximum Gasteiger partial charge on any atom is 0.0642 e. The van der Waals surface area contributed by atoms with Crippen molar-refractivity contribution in [3.05, 3.63) is 107 Å². The molecule has 0 bridgehead atoms. The standard InChI is InChI=1S/C39H46N2/c1-6-8-9-10-11-18-23-37-32(7-2)25-36(27-39(37)34-21-16-13-17-22-34)41-30(4)28-40-35-24-29(3)31(5)38(26-35)33-19-14-12-15-20-33/h12-17,19-22,24-28H,6-11,18,23H2,1-5H3. The van der Waals surface area contributed by atoms with Crippen LogP contribution in [0.15, 0.2) is 94.9 Å². The molecule has 0 aliphatic heterocycles. The summed E-state index contributed by atoms with van der Waals surface area (Å²) in [7, 11) is 0. The first-order valence-corrected chi connectivity index (χ1v) is 15.5. The predicted molar refractivity (Wildman–Crippen MR) is 181 cm³/mol. The Kier molecular flexibility index (Phi) is 11.3. The number of benzene rings is 4. The van der Waals surface area contributed by atoms with Crippen LogP contribution in [0.25, 0.3) is 22.3 Å². The molecule has 0 fully saturated rings. The molecule has 0 saturated carbocycles. The number of hydrogen-bond acceptors (Lipinski definition) is 2. The summed E-state index contributed by atoms with van der Waals surface area (Å²) in [5.41, 5.74) is 13.3. The second-order valence-electron chi connectivity index (χ2n) is 11.2. The number of aryl methyl sites for hydroxylation is 2. The lowest BCUT2D eigenvalue weighted by Gasteiger charge is -2.16. The number of nitrogens with zero attached hydrogens (tertiary/aromatic N) is 2. The topological polar surface area (TPSA) is 24.7 Å². The second-order valence-corrected chi connectivity index (χ2v) is 11.2. The van der Waals surface area contributed by atoms with Gasteiger partial charge in [0.25, 0.3) is 0 Å². The van der Waals surface area contributed by atoms with Crippen molar-refractivity contribution in [1.82, 2.24) is 0 Å². The first-order chi connectivity index (χ1) is 20.0. The molecular weight excluding hydrogens is 496 g/mol. The highest BCUT2D eigenvalue weighted by Gasteiger charge is 2.12. The lowest BCUT2D eigenvalue weighted by atomic mass is 9.90. The highest BCUT2D eigenvalue weighted by molar-refractivity contribution is 6.30. The molecule has 2 nitrogen and oxygen atoms in total. The van der Waals surface area contributed by atoms with E-state index in [9.17, 15) is 0 Å². The fourth-order valence-electron chi connectivity index (χ4n) is 5.58. The molecule has 0 amide bonds. The third-order valence-corrected chi connectivity index (χ3v) is 8.02. The molecule has 41 heavy (non-hydrogen) atoms. The molecule has 4 aromatic rings. The molecule has 0 atom stereocenters. The van der Waals surface area contributed by atoms with E-state index in [1.54, 1.807) is 0 Å². The van der Waals surface area contributed by atoms with Gasteiger partial charge >= 0.3 is 0 Å². The van der Waals surface area contributed by atoms with Gasteiger partial charge in [0.05, 0.1) is 17.1 Å². The molecule has 0 N–H and O–H groups in total. The summed E-state index contributed by atoms with van der Waals surface area (Å²) in [4.78, 5) is 9.87. The molecule has 0 unspecified atom stereocenters. The van der Waals surface area contributed by atoms with Gasteiger partial charge < -0.3 is 0 Å². The largest absolute Gasteiger partial charge is 0.255 e. The molecule has 0 saturated heterocycles. The number of rotatable bonds is 13. The van der Waals surface area contributed by atoms with Crippen LogP contribution in [0.4, 0.5) is 11.4 Å². The van der Waals surface area contributed by atoms with Crippen molar-refractivity contribution in [2.45, 2.75) is 86.0 Å². The lowest BCUT2D eigenvalue weighted by Crippen LogP contribution is -1.99. The number of aliphatic imine (C=N–C) groups is 2. The SMILES string of the molecule is CCCCCCCCc1c(CC)cc(N=C(C)C=Nc2cc(C)c(C)c(-c3ccccc3)c2)cc1-c1ccccc1. The monoisotopic (exact) mass is 542 g/mol. The van der Waals surface area contributed by atoms with E-state index < -0.39 is 0 Å². The van der Waals surface area contributed by atoms with Crippen molar-refractivity contribution in [2.24, 2.45) is 9.98 Å². The third kappa shape index (κ3) is 8.36. The molecule has 4 aromatic carbocycles. The summed E-state index contributed by atoms with van der Waals surface area (Å²) >= 11 is 0. The average Bonchev–Trinajstić information content (AvgIpc) is 3.00. The minimum absolute atomic E-state index is 0.897. The Balaban J connectivity index is 1.61. The fourth-order valence-corrected chi connectivity index (χ4v) is 5.58. The van der Waals surface area contributed by atoms with Gasteiger partial charge in [0, 0.05) is 6.21 Å². The Bertz CT molecular complexity index is 1460. The Morgan fingerprint density at radius 1 is 0.683 bits per heavy atom. The van der Waals surface area contributed by atoms with Crippen LogP contribution in [-0.2, 0) is 12.8 Å². The summed E-state index contributed by atoms with van der Waals surface area (Å²) in [6, 6.07) is 30.3. The number of unbranched alkanes of at least 4 members (excludes halogenated alkanes) is 5. The van der Waals surface area contributed by atoms with Crippen LogP contribution >= 0.6 is 0 Å². The Morgan fingerprint density at radius 3 is 1.95 bits per heavy atom. The smallest absolute Gasteiger partial charge is 0.0642 e. The van der Waals surface area contributed by atoms with E-state index >= 15 is 0 Å². The molecule has 0 spiro atoms. The van der Waals surface area contributed by atoms with Gasteiger partial charge in [0.1, 0.15) is 0 Å². The summed E-state index contributed by atoms with van der Waals surface area (Å²) in [6.07, 6.45) is 11.9. The van der Waals surface area contributed by atoms with Gasteiger partial charge in [0.2, 0.25) is 0 Å². The lowest BCUT2D eigenvalue weighted by molar-refractivity contribution is 0.607. The van der Waals surface area contributed by atoms with Crippen LogP contribution in [0.3, 0.4) is 0 Å². The van der Waals surface area contributed by atoms with E-state index in [1.165, 1.54) is 83.0 Å². The molecule has 0 aromatic heterocycles. The van der Waals surface area contributed by atoms with E-state index in [0.717, 1.165) is 29.9 Å². The summed E-state index contributed by atoms with van der Waals surface area (Å²) in [5.74, 6) is 0. The fraction of sp³-hybridized carbons (Fsp3) is 0.333. The maximum atomic E-state index is 5.03. The zero-order valence-electron chi connectivity index (χ0n) is 25.7. The Hall–Kier alpha value is -3.78. The molecule has 212 valence electrons. The van der Waals surface area contributed by atoms with Gasteiger partial charge in [-0.25, -0.2) is 0 Å². The van der Waals surface area contributed by atoms with Crippen molar-refractivity contribution in [3.63, 3.8) is 0 Å². The van der Waals surface area contributed by atoms with Crippen LogP contribution in [-0.4, -0.2) is 11.9 Å². The van der Waals surface area contributed by atoms with E-state index in [1.807, 2.05) is 13.1 Å². The zero-order valence-corrected chi connectivity index (χ0v) is 25.7. The van der Waals surface area contributed by atoms with Crippen LogP contribution in [0, 0.1) is 13.8 Å². The Morgan fingerprint density at radius 2 is 1.29 bits per heavy atom. The number of hydrogen-bond donors (Lipinski definition) is 0. The van der Waals surface area contributed by atoms with Crippen molar-refractivity contribution in [1.29, 1.82) is 0 Å². The highest BCUT2D eigenvalue weighted by atomic mass is 14.8. The predicted octanol–water partition coefficient (Wildman–Crippen LogP) is 11.6. The first-order valence-electron chi connectivity index (χ1n) is 15.5. The summed E-state index contributed by atoms with van der Waals surface area (Å²) in [5, 5.41) is 0. The normalized spacial score (nSPS) is 11.9. The first kappa shape index (κ1) is 30.2. The zero-order chi connectivity index (χ0) is 29.0. The highest BCUT2D eigenvalue weighted by Crippen LogP contribution is 2.34. The van der Waals surface area contributed by atoms with Gasteiger partial charge in [-0.1, -0.05) is 107 Å². The minimum atomic E-state index is 0.897. The summed E-state index contributed by atoms with van der Waals surface area (Å²) < 4.78 is 0. The van der Waals surface area contributed by atoms with Gasteiger partial charge in [-0.05, 0) is 109 Å². The van der Waals surface area contributed by atoms with Crippen LogP contribution in [0.1, 0.15) is 81.5 Å². The molecule has 2 heteroatoms. The van der Waals surface area contributed by atoms with Crippen molar-refractivity contribution >= 4 is 23.3 Å². The van der Waals surface area contributed by atoms with Crippen molar-refractivity contribution < 1.29 is 0 Å². The second kappa shape index (κ2) is 15.3. The van der Waals surface area contributed by atoms with E-state index in [0.29, 0.717) is 0 Å². The van der Waals surface area contributed by atoms with E-state index in [2.05, 4.69) is 113 Å². The summed E-state index contributed by atoms with van der Waals surface area (Å²) in [6.45, 7) is 10.9. The van der Waals surface area contributed by atoms with Crippen LogP contribution < -0.4 is 0 Å². The average molecular weight is 543 g/mol. The van der Waals surface area contributed by atoms with E-state index in [4.69, 9.17) is 9.98 Å². The van der Waals surface area contributed by atoms with Crippen LogP contribution in [0.5, 0.6) is 0 Å². The molecule has 0 heterocycles. The molecule has 0 aliphatic carbocycles. The van der Waals surface area contributed by atoms with Gasteiger partial charge in [-0.2, -0.15) is 0 Å². The molecule has 0 aliphatic rings. The molecular formula is C39H46N2. The Labute approximate surface area is 248 Å². The molecule has 4 rings (SSSR count). The quantitative estimate of drug-likeness (QED) is 0.119. The van der Waals surface area contributed by atoms with Gasteiger partial charge in [-0.15, -0.1) is 0 Å². The third-order valence-electron chi connectivity index (χ3n) is 8.02. The van der Waals surface area contributed by atoms with E-state index in [-0.39, 0.29) is 0 Å². The van der Waals surface area contributed by atoms with Crippen molar-refractivity contribution in [3.8, 4) is 22.3 Å². The van der Waals surface area contributed by atoms with Crippen molar-refractivity contribution in [2.75, 3.05) is 0 Å². The maximum absolute atomic E-state index is 5.03.